The van der Waals surface area contributed by atoms with E-state index >= 15 is 0 Å². The average Bonchev–Trinajstić information content (AvgIpc) is 2.08. The van der Waals surface area contributed by atoms with Crippen LogP contribution in [0.25, 0.3) is 0 Å². The van der Waals surface area contributed by atoms with Crippen LogP contribution in [0.15, 0.2) is 12.1 Å². The summed E-state index contributed by atoms with van der Waals surface area (Å²) in [6, 6.07) is 2.82. The summed E-state index contributed by atoms with van der Waals surface area (Å²) in [6.07, 6.45) is -4.66. The summed E-state index contributed by atoms with van der Waals surface area (Å²) in [7, 11) is 1.46. The molecule has 15 heavy (non-hydrogen) atoms. The zero-order chi connectivity index (χ0) is 11.6. The molecule has 1 aromatic rings. The predicted octanol–water partition coefficient (Wildman–Crippen LogP) is 3.21. The van der Waals surface area contributed by atoms with Gasteiger partial charge < -0.3 is 9.47 Å². The highest BCUT2D eigenvalue weighted by Crippen LogP contribution is 2.31. The van der Waals surface area contributed by atoms with E-state index in [1.807, 2.05) is 0 Å². The van der Waals surface area contributed by atoms with Crippen LogP contribution in [0.1, 0.15) is 11.1 Å². The lowest BCUT2D eigenvalue weighted by atomic mass is 10.1. The molecule has 5 heteroatoms. The van der Waals surface area contributed by atoms with Gasteiger partial charge in [-0.05, 0) is 37.1 Å². The number of halogens is 3. The Bertz CT molecular complexity index is 358. The van der Waals surface area contributed by atoms with Gasteiger partial charge in [-0.15, -0.1) is 13.2 Å². The SMILES string of the molecule is COc1cc(C)c(OC(F)(F)F)cc1C. The zero-order valence-corrected chi connectivity index (χ0v) is 8.61. The van der Waals surface area contributed by atoms with E-state index in [4.69, 9.17) is 4.74 Å². The largest absolute Gasteiger partial charge is 0.573 e. The molecule has 0 amide bonds. The molecule has 0 bridgehead atoms. The molecule has 0 unspecified atom stereocenters. The van der Waals surface area contributed by atoms with Crippen molar-refractivity contribution in [3.05, 3.63) is 23.3 Å². The first-order valence-corrected chi connectivity index (χ1v) is 4.24. The zero-order valence-electron chi connectivity index (χ0n) is 8.61. The third-order valence-electron chi connectivity index (χ3n) is 1.92. The van der Waals surface area contributed by atoms with Gasteiger partial charge in [0.05, 0.1) is 7.11 Å². The highest BCUT2D eigenvalue weighted by atomic mass is 19.4. The summed E-state index contributed by atoms with van der Waals surface area (Å²) < 4.78 is 44.8. The van der Waals surface area contributed by atoms with E-state index in [-0.39, 0.29) is 5.75 Å². The van der Waals surface area contributed by atoms with Gasteiger partial charge in [-0.2, -0.15) is 0 Å². The third kappa shape index (κ3) is 3.04. The minimum atomic E-state index is -4.66. The smallest absolute Gasteiger partial charge is 0.496 e. The van der Waals surface area contributed by atoms with Gasteiger partial charge in [0.1, 0.15) is 11.5 Å². The lowest BCUT2D eigenvalue weighted by Crippen LogP contribution is -2.17. The number of rotatable bonds is 2. The molecule has 0 heterocycles. The van der Waals surface area contributed by atoms with Crippen molar-refractivity contribution in [1.82, 2.24) is 0 Å². The fourth-order valence-electron chi connectivity index (χ4n) is 1.22. The summed E-state index contributed by atoms with van der Waals surface area (Å²) in [5, 5.41) is 0. The number of aryl methyl sites for hydroxylation is 2. The first kappa shape index (κ1) is 11.7. The van der Waals surface area contributed by atoms with Crippen LogP contribution in [0.3, 0.4) is 0 Å². The molecule has 1 rings (SSSR count). The second kappa shape index (κ2) is 4.00. The van der Waals surface area contributed by atoms with Crippen molar-refractivity contribution in [3.63, 3.8) is 0 Å². The average molecular weight is 220 g/mol. The second-order valence-electron chi connectivity index (χ2n) is 3.14. The Kier molecular flexibility index (Phi) is 3.12. The summed E-state index contributed by atoms with van der Waals surface area (Å²) in [5.74, 6) is 0.350. The molecule has 0 aliphatic heterocycles. The minimum absolute atomic E-state index is 0.194. The molecule has 0 radical (unpaired) electrons. The van der Waals surface area contributed by atoms with Gasteiger partial charge in [-0.1, -0.05) is 0 Å². The van der Waals surface area contributed by atoms with Crippen LogP contribution in [0.5, 0.6) is 11.5 Å². The van der Waals surface area contributed by atoms with Crippen LogP contribution in [-0.2, 0) is 0 Å². The summed E-state index contributed by atoms with van der Waals surface area (Å²) in [5.41, 5.74) is 0.983. The number of benzene rings is 1. The summed E-state index contributed by atoms with van der Waals surface area (Å²) in [4.78, 5) is 0. The van der Waals surface area contributed by atoms with E-state index in [9.17, 15) is 13.2 Å². The Morgan fingerprint density at radius 1 is 1.00 bits per heavy atom. The molecule has 0 saturated heterocycles. The van der Waals surface area contributed by atoms with Crippen LogP contribution in [-0.4, -0.2) is 13.5 Å². The van der Waals surface area contributed by atoms with Gasteiger partial charge in [0.25, 0.3) is 0 Å². The molecule has 0 aromatic heterocycles. The highest BCUT2D eigenvalue weighted by molar-refractivity contribution is 5.45. The van der Waals surface area contributed by atoms with Crippen LogP contribution < -0.4 is 9.47 Å². The Labute approximate surface area is 85.6 Å². The van der Waals surface area contributed by atoms with Crippen molar-refractivity contribution in [3.8, 4) is 11.5 Å². The normalized spacial score (nSPS) is 11.3. The summed E-state index contributed by atoms with van der Waals surface area (Å²) in [6.45, 7) is 3.19. The number of ether oxygens (including phenoxy) is 2. The molecule has 0 fully saturated rings. The maximum Gasteiger partial charge on any atom is 0.573 e. The molecule has 1 aromatic carbocycles. The fraction of sp³-hybridized carbons (Fsp3) is 0.400. The first-order chi connectivity index (χ1) is 6.83. The lowest BCUT2D eigenvalue weighted by Gasteiger charge is -2.13. The van der Waals surface area contributed by atoms with E-state index in [0.29, 0.717) is 16.9 Å². The van der Waals surface area contributed by atoms with Crippen molar-refractivity contribution >= 4 is 0 Å². The van der Waals surface area contributed by atoms with E-state index < -0.39 is 6.36 Å². The second-order valence-corrected chi connectivity index (χ2v) is 3.14. The molecule has 0 aliphatic carbocycles. The van der Waals surface area contributed by atoms with Gasteiger partial charge in [-0.25, -0.2) is 0 Å². The third-order valence-corrected chi connectivity index (χ3v) is 1.92. The van der Waals surface area contributed by atoms with Gasteiger partial charge in [0.15, 0.2) is 0 Å². The molecule has 0 N–H and O–H groups in total. The van der Waals surface area contributed by atoms with E-state index in [2.05, 4.69) is 4.74 Å². The van der Waals surface area contributed by atoms with Gasteiger partial charge in [0, 0.05) is 0 Å². The number of alkyl halides is 3. The predicted molar refractivity (Wildman–Crippen MR) is 49.2 cm³/mol. The van der Waals surface area contributed by atoms with Crippen LogP contribution >= 0.6 is 0 Å². The van der Waals surface area contributed by atoms with Crippen molar-refractivity contribution in [2.24, 2.45) is 0 Å². The van der Waals surface area contributed by atoms with Crippen molar-refractivity contribution in [1.29, 1.82) is 0 Å². The van der Waals surface area contributed by atoms with Crippen molar-refractivity contribution in [2.45, 2.75) is 20.2 Å². The molecular formula is C10H11F3O2. The van der Waals surface area contributed by atoms with Crippen molar-refractivity contribution < 1.29 is 22.6 Å². The van der Waals surface area contributed by atoms with Gasteiger partial charge >= 0.3 is 6.36 Å². The Morgan fingerprint density at radius 3 is 1.93 bits per heavy atom. The van der Waals surface area contributed by atoms with Crippen LogP contribution in [0.4, 0.5) is 13.2 Å². The monoisotopic (exact) mass is 220 g/mol. The van der Waals surface area contributed by atoms with Gasteiger partial charge in [-0.3, -0.25) is 0 Å². The number of methoxy groups -OCH3 is 1. The molecule has 0 aliphatic rings. The summed E-state index contributed by atoms with van der Waals surface area (Å²) >= 11 is 0. The fourth-order valence-corrected chi connectivity index (χ4v) is 1.22. The van der Waals surface area contributed by atoms with Gasteiger partial charge in [0.2, 0.25) is 0 Å². The lowest BCUT2D eigenvalue weighted by molar-refractivity contribution is -0.274. The highest BCUT2D eigenvalue weighted by Gasteiger charge is 2.31. The topological polar surface area (TPSA) is 18.5 Å². The van der Waals surface area contributed by atoms with E-state index in [1.54, 1.807) is 6.92 Å². The molecular weight excluding hydrogens is 209 g/mol. The molecule has 0 atom stereocenters. The maximum atomic E-state index is 12.0. The molecule has 0 saturated carbocycles. The van der Waals surface area contributed by atoms with E-state index in [1.165, 1.54) is 26.2 Å². The number of hydrogen-bond donors (Lipinski definition) is 0. The minimum Gasteiger partial charge on any atom is -0.496 e. The molecule has 2 nitrogen and oxygen atoms in total. The Morgan fingerprint density at radius 2 is 1.47 bits per heavy atom. The Hall–Kier alpha value is -1.39. The molecule has 0 spiro atoms. The maximum absolute atomic E-state index is 12.0. The quantitative estimate of drug-likeness (QED) is 0.761. The Balaban J connectivity index is 3.05. The van der Waals surface area contributed by atoms with Crippen LogP contribution in [0, 0.1) is 13.8 Å². The van der Waals surface area contributed by atoms with Crippen LogP contribution in [0.2, 0.25) is 0 Å². The van der Waals surface area contributed by atoms with E-state index in [0.717, 1.165) is 0 Å². The first-order valence-electron chi connectivity index (χ1n) is 4.24. The number of hydrogen-bond acceptors (Lipinski definition) is 2. The standard InChI is InChI=1S/C10H11F3O2/c1-6-5-9(15-10(11,12)13)7(2)4-8(6)14-3/h4-5H,1-3H3. The molecule has 84 valence electrons. The van der Waals surface area contributed by atoms with Crippen molar-refractivity contribution in [2.75, 3.05) is 7.11 Å².